The molecule has 7 nitrogen and oxygen atoms in total. The second-order valence-electron chi connectivity index (χ2n) is 4.97. The molecule has 2 aromatic rings. The highest BCUT2D eigenvalue weighted by Crippen LogP contribution is 2.22. The number of aryl methyl sites for hydroxylation is 2. The second-order valence-corrected chi connectivity index (χ2v) is 8.20. The molecule has 0 saturated carbocycles. The van der Waals surface area contributed by atoms with Gasteiger partial charge in [0, 0.05) is 16.3 Å². The zero-order valence-corrected chi connectivity index (χ0v) is 15.8. The van der Waals surface area contributed by atoms with E-state index in [0.717, 1.165) is 7.88 Å². The molecule has 23 heavy (non-hydrogen) atoms. The van der Waals surface area contributed by atoms with Gasteiger partial charge in [0.15, 0.2) is 5.76 Å². The van der Waals surface area contributed by atoms with Crippen LogP contribution in [-0.2, 0) is 14.8 Å². The van der Waals surface area contributed by atoms with Crippen LogP contribution in [0.1, 0.15) is 11.5 Å². The second kappa shape index (κ2) is 6.97. The van der Waals surface area contributed by atoms with Gasteiger partial charge in [-0.1, -0.05) is 11.2 Å². The van der Waals surface area contributed by atoms with Crippen LogP contribution in [0.15, 0.2) is 33.7 Å². The van der Waals surface area contributed by atoms with E-state index < -0.39 is 15.9 Å². The number of amides is 1. The first kappa shape index (κ1) is 17.9. The monoisotopic (exact) mass is 449 g/mol. The number of anilines is 1. The third kappa shape index (κ3) is 4.09. The quantitative estimate of drug-likeness (QED) is 0.707. The van der Waals surface area contributed by atoms with E-state index in [0.29, 0.717) is 5.69 Å². The molecule has 9 heteroatoms. The van der Waals surface area contributed by atoms with Crippen molar-refractivity contribution >= 4 is 44.2 Å². The minimum absolute atomic E-state index is 0.00191. The van der Waals surface area contributed by atoms with E-state index >= 15 is 0 Å². The van der Waals surface area contributed by atoms with Gasteiger partial charge in [0.1, 0.15) is 10.6 Å². The highest BCUT2D eigenvalue weighted by atomic mass is 127. The fourth-order valence-electron chi connectivity index (χ4n) is 2.05. The smallest absolute Gasteiger partial charge is 0.248 e. The molecule has 1 aromatic heterocycles. The van der Waals surface area contributed by atoms with Crippen LogP contribution in [0, 0.1) is 17.4 Å². The number of carbonyl (C=O) groups excluding carboxylic acids is 1. The summed E-state index contributed by atoms with van der Waals surface area (Å²) in [6, 6.07) is 7.23. The predicted molar refractivity (Wildman–Crippen MR) is 93.6 cm³/mol. The number of sulfonamides is 1. The summed E-state index contributed by atoms with van der Waals surface area (Å²) in [4.78, 5) is 12.1. The first-order valence-corrected chi connectivity index (χ1v) is 9.18. The summed E-state index contributed by atoms with van der Waals surface area (Å²) >= 11 is 2.13. The molecule has 2 rings (SSSR count). The molecular weight excluding hydrogens is 433 g/mol. The van der Waals surface area contributed by atoms with Gasteiger partial charge in [-0.25, -0.2) is 8.42 Å². The van der Waals surface area contributed by atoms with Gasteiger partial charge in [0.2, 0.25) is 15.9 Å². The first-order chi connectivity index (χ1) is 10.7. The standard InChI is InChI=1S/C14H16IN3O4S/c1-9-14(10(2)22-17-9)23(20,21)18(3)8-13(19)16-12-6-4-5-11(15)7-12/h4-7H,8H2,1-3H3,(H,16,19). The van der Waals surface area contributed by atoms with Crippen molar-refractivity contribution in [1.82, 2.24) is 9.46 Å². The van der Waals surface area contributed by atoms with Crippen LogP contribution >= 0.6 is 22.6 Å². The van der Waals surface area contributed by atoms with Crippen LogP contribution in [0.2, 0.25) is 0 Å². The van der Waals surface area contributed by atoms with Crippen LogP contribution in [-0.4, -0.2) is 37.4 Å². The lowest BCUT2D eigenvalue weighted by Crippen LogP contribution is -2.35. The van der Waals surface area contributed by atoms with Crippen molar-refractivity contribution < 1.29 is 17.7 Å². The number of nitrogens with zero attached hydrogens (tertiary/aromatic N) is 2. The van der Waals surface area contributed by atoms with Crippen molar-refractivity contribution in [2.24, 2.45) is 0 Å². The molecule has 0 unspecified atom stereocenters. The van der Waals surface area contributed by atoms with Crippen LogP contribution in [0.25, 0.3) is 0 Å². The van der Waals surface area contributed by atoms with Gasteiger partial charge in [-0.3, -0.25) is 4.79 Å². The number of halogens is 1. The van der Waals surface area contributed by atoms with Gasteiger partial charge in [-0.2, -0.15) is 4.31 Å². The van der Waals surface area contributed by atoms with Gasteiger partial charge in [-0.05, 0) is 54.6 Å². The van der Waals surface area contributed by atoms with Crippen LogP contribution in [0.5, 0.6) is 0 Å². The molecule has 0 spiro atoms. The topological polar surface area (TPSA) is 92.5 Å². The van der Waals surface area contributed by atoms with Crippen LogP contribution in [0.4, 0.5) is 5.69 Å². The maximum Gasteiger partial charge on any atom is 0.248 e. The highest BCUT2D eigenvalue weighted by molar-refractivity contribution is 14.1. The summed E-state index contributed by atoms with van der Waals surface area (Å²) in [6.07, 6.45) is 0. The summed E-state index contributed by atoms with van der Waals surface area (Å²) in [5.41, 5.74) is 0.886. The summed E-state index contributed by atoms with van der Waals surface area (Å²) in [7, 11) is -2.49. The van der Waals surface area contributed by atoms with Gasteiger partial charge < -0.3 is 9.84 Å². The Morgan fingerprint density at radius 1 is 1.39 bits per heavy atom. The summed E-state index contributed by atoms with van der Waals surface area (Å²) < 4.78 is 31.9. The van der Waals surface area contributed by atoms with E-state index in [9.17, 15) is 13.2 Å². The Bertz CT molecular complexity index is 813. The third-order valence-electron chi connectivity index (χ3n) is 3.11. The molecule has 0 atom stereocenters. The Morgan fingerprint density at radius 3 is 2.65 bits per heavy atom. The van der Waals surface area contributed by atoms with Gasteiger partial charge in [0.05, 0.1) is 6.54 Å². The van der Waals surface area contributed by atoms with Crippen molar-refractivity contribution in [2.45, 2.75) is 18.7 Å². The molecule has 1 amide bonds. The first-order valence-electron chi connectivity index (χ1n) is 6.66. The number of rotatable bonds is 5. The Morgan fingerprint density at radius 2 is 2.09 bits per heavy atom. The molecule has 1 N–H and O–H groups in total. The van der Waals surface area contributed by atoms with Crippen molar-refractivity contribution in [3.8, 4) is 0 Å². The lowest BCUT2D eigenvalue weighted by molar-refractivity contribution is -0.116. The number of likely N-dealkylation sites (N-methyl/N-ethyl adjacent to an activating group) is 1. The number of aromatic nitrogens is 1. The number of hydrogen-bond donors (Lipinski definition) is 1. The Labute approximate surface area is 148 Å². The molecule has 0 radical (unpaired) electrons. The van der Waals surface area contributed by atoms with Crippen LogP contribution in [0.3, 0.4) is 0 Å². The normalized spacial score (nSPS) is 11.7. The van der Waals surface area contributed by atoms with E-state index in [1.54, 1.807) is 19.1 Å². The molecule has 0 fully saturated rings. The zero-order chi connectivity index (χ0) is 17.2. The number of benzene rings is 1. The average molecular weight is 449 g/mol. The maximum atomic E-state index is 12.5. The molecule has 124 valence electrons. The Kier molecular flexibility index (Phi) is 5.42. The SMILES string of the molecule is Cc1noc(C)c1S(=O)(=O)N(C)CC(=O)Nc1cccc(I)c1. The Hall–Kier alpha value is -1.46. The van der Waals surface area contributed by atoms with Gasteiger partial charge >= 0.3 is 0 Å². The fourth-order valence-corrected chi connectivity index (χ4v) is 4.01. The average Bonchev–Trinajstić information content (AvgIpc) is 2.78. The van der Waals surface area contributed by atoms with Gasteiger partial charge in [0.25, 0.3) is 0 Å². The van der Waals surface area contributed by atoms with E-state index in [-0.39, 0.29) is 22.9 Å². The third-order valence-corrected chi connectivity index (χ3v) is 5.83. The summed E-state index contributed by atoms with van der Waals surface area (Å²) in [5, 5.41) is 6.31. The Balaban J connectivity index is 2.12. The number of hydrogen-bond acceptors (Lipinski definition) is 5. The highest BCUT2D eigenvalue weighted by Gasteiger charge is 2.29. The molecular formula is C14H16IN3O4S. The molecule has 0 saturated heterocycles. The largest absolute Gasteiger partial charge is 0.360 e. The van der Waals surface area contributed by atoms with Crippen molar-refractivity contribution in [3.63, 3.8) is 0 Å². The minimum Gasteiger partial charge on any atom is -0.360 e. The van der Waals surface area contributed by atoms with Crippen molar-refractivity contribution in [3.05, 3.63) is 39.3 Å². The van der Waals surface area contributed by atoms with Crippen LogP contribution < -0.4 is 5.32 Å². The van der Waals surface area contributed by atoms with Crippen molar-refractivity contribution in [2.75, 3.05) is 18.9 Å². The van der Waals surface area contributed by atoms with E-state index in [4.69, 9.17) is 4.52 Å². The lowest BCUT2D eigenvalue weighted by Gasteiger charge is -2.16. The van der Waals surface area contributed by atoms with Gasteiger partial charge in [-0.15, -0.1) is 0 Å². The van der Waals surface area contributed by atoms with E-state index in [1.165, 1.54) is 14.0 Å². The molecule has 1 heterocycles. The fraction of sp³-hybridized carbons (Fsp3) is 0.286. The number of nitrogens with one attached hydrogen (secondary N) is 1. The molecule has 0 bridgehead atoms. The minimum atomic E-state index is -3.84. The van der Waals surface area contributed by atoms with E-state index in [1.807, 2.05) is 12.1 Å². The predicted octanol–water partition coefficient (Wildman–Crippen LogP) is 2.16. The lowest BCUT2D eigenvalue weighted by atomic mass is 10.3. The zero-order valence-electron chi connectivity index (χ0n) is 12.8. The summed E-state index contributed by atoms with van der Waals surface area (Å²) in [5.74, 6) is -0.225. The van der Waals surface area contributed by atoms with E-state index in [2.05, 4.69) is 33.1 Å². The molecule has 0 aliphatic rings. The molecule has 1 aromatic carbocycles. The molecule has 0 aliphatic carbocycles. The summed E-state index contributed by atoms with van der Waals surface area (Å²) in [6.45, 7) is 2.76. The number of carbonyl (C=O) groups is 1. The molecule has 0 aliphatic heterocycles. The maximum absolute atomic E-state index is 12.5. The van der Waals surface area contributed by atoms with Crippen molar-refractivity contribution in [1.29, 1.82) is 0 Å².